The number of carbonyl (C=O) groups is 1. The lowest BCUT2D eigenvalue weighted by Crippen LogP contribution is -2.12. The van der Waals surface area contributed by atoms with Crippen molar-refractivity contribution in [3.8, 4) is 17.2 Å². The Morgan fingerprint density at radius 2 is 1.66 bits per heavy atom. The van der Waals surface area contributed by atoms with Crippen molar-refractivity contribution in [2.75, 3.05) is 5.32 Å². The molecule has 5 heteroatoms. The number of rotatable bonds is 7. The van der Waals surface area contributed by atoms with Crippen LogP contribution in [0.3, 0.4) is 0 Å². The predicted molar refractivity (Wildman–Crippen MR) is 128 cm³/mol. The number of nitrogens with one attached hydrogen (secondary N) is 1. The lowest BCUT2D eigenvalue weighted by atomic mass is 10.1. The van der Waals surface area contributed by atoms with E-state index in [0.29, 0.717) is 17.0 Å². The molecule has 4 rings (SSSR count). The summed E-state index contributed by atoms with van der Waals surface area (Å²) < 4.78 is 7.80. The Morgan fingerprint density at radius 3 is 2.38 bits per heavy atom. The van der Waals surface area contributed by atoms with Crippen molar-refractivity contribution in [2.45, 2.75) is 33.6 Å². The van der Waals surface area contributed by atoms with Gasteiger partial charge in [-0.25, -0.2) is 4.68 Å². The first-order valence-electron chi connectivity index (χ1n) is 10.8. The number of carbonyl (C=O) groups excluding carboxylic acids is 1. The van der Waals surface area contributed by atoms with Crippen LogP contribution in [0.5, 0.6) is 11.5 Å². The second kappa shape index (κ2) is 9.52. The van der Waals surface area contributed by atoms with Crippen LogP contribution in [0.15, 0.2) is 78.9 Å². The number of aryl methyl sites for hydroxylation is 1. The fourth-order valence-electron chi connectivity index (χ4n) is 3.76. The van der Waals surface area contributed by atoms with Gasteiger partial charge in [-0.15, -0.1) is 0 Å². The van der Waals surface area contributed by atoms with Gasteiger partial charge in [0, 0.05) is 23.0 Å². The lowest BCUT2D eigenvalue weighted by Gasteiger charge is -2.10. The smallest absolute Gasteiger partial charge is 0.255 e. The van der Waals surface area contributed by atoms with Crippen molar-refractivity contribution < 1.29 is 9.53 Å². The zero-order valence-corrected chi connectivity index (χ0v) is 18.6. The molecule has 0 fully saturated rings. The first-order valence-corrected chi connectivity index (χ1v) is 10.8. The van der Waals surface area contributed by atoms with Crippen LogP contribution in [0.25, 0.3) is 5.69 Å². The molecule has 0 aliphatic heterocycles. The molecule has 0 aliphatic rings. The number of hydrogen-bond acceptors (Lipinski definition) is 3. The lowest BCUT2D eigenvalue weighted by molar-refractivity contribution is 0.102. The monoisotopic (exact) mass is 425 g/mol. The second-order valence-electron chi connectivity index (χ2n) is 7.76. The van der Waals surface area contributed by atoms with Gasteiger partial charge in [-0.05, 0) is 74.4 Å². The summed E-state index contributed by atoms with van der Waals surface area (Å²) in [5.74, 6) is 1.24. The molecule has 0 saturated heterocycles. The first kappa shape index (κ1) is 21.4. The standard InChI is InChI=1S/C27H27N3O2/c1-4-9-26-19(2)29-30(20(26)3)23-16-14-21(15-17-23)27(31)28-22-10-8-13-25(18-22)32-24-11-6-5-7-12-24/h5-8,10-18H,4,9H2,1-3H3,(H,28,31). The third kappa shape index (κ3) is 4.72. The van der Waals surface area contributed by atoms with E-state index in [1.807, 2.05) is 90.5 Å². The summed E-state index contributed by atoms with van der Waals surface area (Å²) in [6.07, 6.45) is 2.11. The second-order valence-corrected chi connectivity index (χ2v) is 7.76. The van der Waals surface area contributed by atoms with Crippen molar-refractivity contribution in [3.63, 3.8) is 0 Å². The summed E-state index contributed by atoms with van der Waals surface area (Å²) in [7, 11) is 0. The molecule has 0 bridgehead atoms. The highest BCUT2D eigenvalue weighted by molar-refractivity contribution is 6.04. The quantitative estimate of drug-likeness (QED) is 0.368. The van der Waals surface area contributed by atoms with Gasteiger partial charge in [0.1, 0.15) is 11.5 Å². The Kier molecular flexibility index (Phi) is 6.36. The highest BCUT2D eigenvalue weighted by Gasteiger charge is 2.13. The Labute approximate surface area is 188 Å². The summed E-state index contributed by atoms with van der Waals surface area (Å²) >= 11 is 0. The van der Waals surface area contributed by atoms with Crippen LogP contribution in [0.2, 0.25) is 0 Å². The molecule has 3 aromatic carbocycles. The van der Waals surface area contributed by atoms with Gasteiger partial charge in [0.15, 0.2) is 0 Å². The largest absolute Gasteiger partial charge is 0.457 e. The minimum Gasteiger partial charge on any atom is -0.457 e. The molecule has 0 unspecified atom stereocenters. The van der Waals surface area contributed by atoms with E-state index in [1.165, 1.54) is 5.56 Å². The van der Waals surface area contributed by atoms with Gasteiger partial charge in [0.05, 0.1) is 11.4 Å². The topological polar surface area (TPSA) is 56.2 Å². The molecule has 32 heavy (non-hydrogen) atoms. The molecular formula is C27H27N3O2. The maximum Gasteiger partial charge on any atom is 0.255 e. The molecule has 0 aliphatic carbocycles. The Morgan fingerprint density at radius 1 is 0.938 bits per heavy atom. The molecule has 1 amide bonds. The zero-order chi connectivity index (χ0) is 22.5. The van der Waals surface area contributed by atoms with Crippen molar-refractivity contribution in [2.24, 2.45) is 0 Å². The molecule has 5 nitrogen and oxygen atoms in total. The average Bonchev–Trinajstić information content (AvgIpc) is 3.09. The van der Waals surface area contributed by atoms with Gasteiger partial charge in [-0.3, -0.25) is 4.79 Å². The number of para-hydroxylation sites is 1. The number of anilines is 1. The van der Waals surface area contributed by atoms with Crippen LogP contribution >= 0.6 is 0 Å². The van der Waals surface area contributed by atoms with E-state index >= 15 is 0 Å². The number of ether oxygens (including phenoxy) is 1. The Balaban J connectivity index is 1.47. The van der Waals surface area contributed by atoms with Crippen LogP contribution in [-0.4, -0.2) is 15.7 Å². The maximum atomic E-state index is 12.8. The number of nitrogens with zero attached hydrogens (tertiary/aromatic N) is 2. The van der Waals surface area contributed by atoms with E-state index in [1.54, 1.807) is 0 Å². The van der Waals surface area contributed by atoms with Crippen molar-refractivity contribution >= 4 is 11.6 Å². The SMILES string of the molecule is CCCc1c(C)nn(-c2ccc(C(=O)Nc3cccc(Oc4ccccc4)c3)cc2)c1C. The molecular weight excluding hydrogens is 398 g/mol. The molecule has 0 atom stereocenters. The van der Waals surface area contributed by atoms with Crippen LogP contribution in [0.4, 0.5) is 5.69 Å². The van der Waals surface area contributed by atoms with Gasteiger partial charge in [-0.1, -0.05) is 37.6 Å². The first-order chi connectivity index (χ1) is 15.5. The summed E-state index contributed by atoms with van der Waals surface area (Å²) in [6, 6.07) is 24.4. The summed E-state index contributed by atoms with van der Waals surface area (Å²) in [6.45, 7) is 6.31. The summed E-state index contributed by atoms with van der Waals surface area (Å²) in [4.78, 5) is 12.8. The number of hydrogen-bond donors (Lipinski definition) is 1. The fraction of sp³-hybridized carbons (Fsp3) is 0.185. The normalized spacial score (nSPS) is 10.7. The van der Waals surface area contributed by atoms with E-state index in [2.05, 4.69) is 24.3 Å². The Hall–Kier alpha value is -3.86. The molecule has 0 saturated carbocycles. The molecule has 0 radical (unpaired) electrons. The highest BCUT2D eigenvalue weighted by atomic mass is 16.5. The molecule has 162 valence electrons. The summed E-state index contributed by atoms with van der Waals surface area (Å²) in [5.41, 5.74) is 5.71. The van der Waals surface area contributed by atoms with E-state index in [-0.39, 0.29) is 5.91 Å². The van der Waals surface area contributed by atoms with Gasteiger partial charge < -0.3 is 10.1 Å². The van der Waals surface area contributed by atoms with Crippen LogP contribution < -0.4 is 10.1 Å². The number of aromatic nitrogens is 2. The minimum absolute atomic E-state index is 0.173. The van der Waals surface area contributed by atoms with Gasteiger partial charge in [0.25, 0.3) is 5.91 Å². The van der Waals surface area contributed by atoms with Crippen molar-refractivity contribution in [3.05, 3.63) is 101 Å². The van der Waals surface area contributed by atoms with Crippen LogP contribution in [-0.2, 0) is 6.42 Å². The predicted octanol–water partition coefficient (Wildman–Crippen LogP) is 6.49. The number of benzene rings is 3. The third-order valence-corrected chi connectivity index (χ3v) is 5.39. The number of amides is 1. The molecule has 1 aromatic heterocycles. The van der Waals surface area contributed by atoms with E-state index in [0.717, 1.165) is 35.7 Å². The summed E-state index contributed by atoms with van der Waals surface area (Å²) in [5, 5.41) is 7.63. The fourth-order valence-corrected chi connectivity index (χ4v) is 3.76. The highest BCUT2D eigenvalue weighted by Crippen LogP contribution is 2.24. The van der Waals surface area contributed by atoms with Crippen LogP contribution in [0, 0.1) is 13.8 Å². The molecule has 4 aromatic rings. The molecule has 1 heterocycles. The Bertz CT molecular complexity index is 1210. The minimum atomic E-state index is -0.173. The van der Waals surface area contributed by atoms with Crippen molar-refractivity contribution in [1.82, 2.24) is 9.78 Å². The van der Waals surface area contributed by atoms with E-state index < -0.39 is 0 Å². The van der Waals surface area contributed by atoms with Crippen molar-refractivity contribution in [1.29, 1.82) is 0 Å². The third-order valence-electron chi connectivity index (χ3n) is 5.39. The zero-order valence-electron chi connectivity index (χ0n) is 18.6. The van der Waals surface area contributed by atoms with E-state index in [4.69, 9.17) is 4.74 Å². The van der Waals surface area contributed by atoms with E-state index in [9.17, 15) is 4.79 Å². The molecule has 0 spiro atoms. The van der Waals surface area contributed by atoms with Gasteiger partial charge in [-0.2, -0.15) is 5.10 Å². The van der Waals surface area contributed by atoms with Crippen LogP contribution in [0.1, 0.15) is 40.7 Å². The molecule has 1 N–H and O–H groups in total. The van der Waals surface area contributed by atoms with Gasteiger partial charge in [0.2, 0.25) is 0 Å². The maximum absolute atomic E-state index is 12.8. The average molecular weight is 426 g/mol. The van der Waals surface area contributed by atoms with Gasteiger partial charge >= 0.3 is 0 Å².